The SMILES string of the molecule is CC(C)(C)c1cc2c(c(C(C)(C)C)c1)OC(=O)C2c1cc(C(C)(C)C)c(O)c(C(C)(C)C)c1. The van der Waals surface area contributed by atoms with Crippen molar-refractivity contribution in [3.05, 3.63) is 57.6 Å². The zero-order valence-corrected chi connectivity index (χ0v) is 22.7. The van der Waals surface area contributed by atoms with Crippen LogP contribution in [0, 0.1) is 0 Å². The summed E-state index contributed by atoms with van der Waals surface area (Å²) in [5.74, 6) is 0.274. The van der Waals surface area contributed by atoms with Crippen LogP contribution in [0.15, 0.2) is 24.3 Å². The lowest BCUT2D eigenvalue weighted by Gasteiger charge is -2.29. The third-order valence-electron chi connectivity index (χ3n) is 6.62. The van der Waals surface area contributed by atoms with Gasteiger partial charge in [0.2, 0.25) is 0 Å². The molecule has 33 heavy (non-hydrogen) atoms. The zero-order valence-electron chi connectivity index (χ0n) is 22.7. The fourth-order valence-corrected chi connectivity index (χ4v) is 4.54. The van der Waals surface area contributed by atoms with E-state index in [4.69, 9.17) is 4.74 Å². The second-order valence-electron chi connectivity index (χ2n) is 13.8. The third-order valence-corrected chi connectivity index (χ3v) is 6.62. The van der Waals surface area contributed by atoms with E-state index in [1.165, 1.54) is 5.56 Å². The number of phenols is 1. The molecule has 0 spiro atoms. The standard InChI is InChI=1S/C30H42O3/c1-27(2,3)18-15-19-23(26(32)33-25(19)22(16-18)30(10,11)12)17-13-20(28(4,5)6)24(31)21(14-17)29(7,8)9/h13-16,23,31H,1-12H3. The van der Waals surface area contributed by atoms with Gasteiger partial charge in [0.15, 0.2) is 0 Å². The summed E-state index contributed by atoms with van der Waals surface area (Å²) in [6.45, 7) is 25.6. The van der Waals surface area contributed by atoms with Crippen LogP contribution in [0.2, 0.25) is 0 Å². The molecule has 1 N–H and O–H groups in total. The average Bonchev–Trinajstić information content (AvgIpc) is 2.93. The maximum Gasteiger partial charge on any atom is 0.323 e. The predicted octanol–water partition coefficient (Wildman–Crippen LogP) is 7.63. The van der Waals surface area contributed by atoms with Gasteiger partial charge in [-0.25, -0.2) is 0 Å². The van der Waals surface area contributed by atoms with Crippen molar-refractivity contribution in [2.75, 3.05) is 0 Å². The van der Waals surface area contributed by atoms with Crippen molar-refractivity contribution in [2.45, 2.75) is 111 Å². The molecule has 0 fully saturated rings. The van der Waals surface area contributed by atoms with Crippen LogP contribution in [0.1, 0.15) is 122 Å². The molecule has 1 aliphatic heterocycles. The minimum atomic E-state index is -0.508. The van der Waals surface area contributed by atoms with E-state index in [-0.39, 0.29) is 27.6 Å². The molecule has 180 valence electrons. The number of hydrogen-bond acceptors (Lipinski definition) is 3. The second kappa shape index (κ2) is 7.61. The molecular weight excluding hydrogens is 408 g/mol. The number of hydrogen-bond donors (Lipinski definition) is 1. The second-order valence-corrected chi connectivity index (χ2v) is 13.8. The van der Waals surface area contributed by atoms with Crippen LogP contribution in [0.25, 0.3) is 0 Å². The highest BCUT2D eigenvalue weighted by Gasteiger charge is 2.41. The first-order valence-electron chi connectivity index (χ1n) is 12.0. The van der Waals surface area contributed by atoms with Gasteiger partial charge in [-0.3, -0.25) is 4.79 Å². The summed E-state index contributed by atoms with van der Waals surface area (Å²) >= 11 is 0. The van der Waals surface area contributed by atoms with E-state index in [1.807, 2.05) is 12.1 Å². The Kier molecular flexibility index (Phi) is 5.85. The van der Waals surface area contributed by atoms with Gasteiger partial charge in [-0.05, 0) is 43.9 Å². The van der Waals surface area contributed by atoms with Crippen molar-refractivity contribution in [2.24, 2.45) is 0 Å². The van der Waals surface area contributed by atoms with Crippen molar-refractivity contribution >= 4 is 5.97 Å². The lowest BCUT2D eigenvalue weighted by Crippen LogP contribution is -2.20. The Balaban J connectivity index is 2.37. The Hall–Kier alpha value is -2.29. The van der Waals surface area contributed by atoms with E-state index in [1.54, 1.807) is 0 Å². The van der Waals surface area contributed by atoms with Crippen molar-refractivity contribution in [3.63, 3.8) is 0 Å². The fourth-order valence-electron chi connectivity index (χ4n) is 4.54. The molecule has 2 aromatic carbocycles. The van der Waals surface area contributed by atoms with Crippen LogP contribution < -0.4 is 4.74 Å². The van der Waals surface area contributed by atoms with Crippen molar-refractivity contribution in [1.82, 2.24) is 0 Å². The van der Waals surface area contributed by atoms with E-state index < -0.39 is 5.92 Å². The number of benzene rings is 2. The van der Waals surface area contributed by atoms with Crippen LogP contribution in [0.4, 0.5) is 0 Å². The number of rotatable bonds is 1. The summed E-state index contributed by atoms with van der Waals surface area (Å²) in [5, 5.41) is 11.2. The molecule has 0 radical (unpaired) electrons. The molecule has 1 heterocycles. The van der Waals surface area contributed by atoms with Gasteiger partial charge in [0.1, 0.15) is 17.4 Å². The topological polar surface area (TPSA) is 46.5 Å². The molecule has 0 saturated heterocycles. The number of carbonyl (C=O) groups is 1. The Bertz CT molecular complexity index is 1060. The highest BCUT2D eigenvalue weighted by atomic mass is 16.5. The molecule has 1 atom stereocenters. The molecule has 0 aliphatic carbocycles. The Morgan fingerprint density at radius 3 is 1.52 bits per heavy atom. The maximum atomic E-state index is 13.4. The number of carbonyl (C=O) groups excluding carboxylic acids is 1. The maximum absolute atomic E-state index is 13.4. The van der Waals surface area contributed by atoms with E-state index >= 15 is 0 Å². The lowest BCUT2D eigenvalue weighted by atomic mass is 9.75. The Morgan fingerprint density at radius 1 is 0.667 bits per heavy atom. The molecule has 3 nitrogen and oxygen atoms in total. The van der Waals surface area contributed by atoms with Gasteiger partial charge < -0.3 is 9.84 Å². The number of ether oxygens (including phenoxy) is 1. The van der Waals surface area contributed by atoms with Crippen LogP contribution in [-0.4, -0.2) is 11.1 Å². The molecular formula is C30H42O3. The molecule has 0 saturated carbocycles. The quantitative estimate of drug-likeness (QED) is 0.359. The van der Waals surface area contributed by atoms with Crippen molar-refractivity contribution < 1.29 is 14.6 Å². The number of fused-ring (bicyclic) bond motifs is 1. The molecule has 1 unspecified atom stereocenters. The minimum Gasteiger partial charge on any atom is -0.507 e. The smallest absolute Gasteiger partial charge is 0.323 e. The highest BCUT2D eigenvalue weighted by Crippen LogP contribution is 2.49. The van der Waals surface area contributed by atoms with Gasteiger partial charge >= 0.3 is 5.97 Å². The lowest BCUT2D eigenvalue weighted by molar-refractivity contribution is -0.133. The molecule has 0 amide bonds. The Morgan fingerprint density at radius 2 is 1.12 bits per heavy atom. The molecule has 3 rings (SSSR count). The largest absolute Gasteiger partial charge is 0.507 e. The first-order valence-corrected chi connectivity index (χ1v) is 12.0. The van der Waals surface area contributed by atoms with Gasteiger partial charge in [-0.15, -0.1) is 0 Å². The monoisotopic (exact) mass is 450 g/mol. The summed E-state index contributed by atoms with van der Waals surface area (Å²) in [7, 11) is 0. The number of aromatic hydroxyl groups is 1. The Labute approximate surface area is 200 Å². The van der Waals surface area contributed by atoms with Gasteiger partial charge in [-0.2, -0.15) is 0 Å². The van der Waals surface area contributed by atoms with E-state index in [0.29, 0.717) is 11.5 Å². The van der Waals surface area contributed by atoms with E-state index in [9.17, 15) is 9.90 Å². The number of phenolic OH excluding ortho intramolecular Hbond substituents is 1. The summed E-state index contributed by atoms with van der Waals surface area (Å²) in [6.07, 6.45) is 0. The van der Waals surface area contributed by atoms with Crippen LogP contribution in [0.3, 0.4) is 0 Å². The first-order chi connectivity index (χ1) is 14.7. The molecule has 0 aromatic heterocycles. The average molecular weight is 451 g/mol. The summed E-state index contributed by atoms with van der Waals surface area (Å²) in [5.41, 5.74) is 5.02. The van der Waals surface area contributed by atoms with E-state index in [0.717, 1.165) is 27.8 Å². The van der Waals surface area contributed by atoms with Crippen LogP contribution in [0.5, 0.6) is 11.5 Å². The van der Waals surface area contributed by atoms with Crippen LogP contribution >= 0.6 is 0 Å². The molecule has 2 aromatic rings. The highest BCUT2D eigenvalue weighted by molar-refractivity contribution is 5.90. The number of esters is 1. The van der Waals surface area contributed by atoms with Crippen LogP contribution in [-0.2, 0) is 26.5 Å². The fraction of sp³-hybridized carbons (Fsp3) is 0.567. The molecule has 3 heteroatoms. The zero-order chi connectivity index (χ0) is 25.3. The first kappa shape index (κ1) is 25.3. The predicted molar refractivity (Wildman–Crippen MR) is 137 cm³/mol. The molecule has 1 aliphatic rings. The van der Waals surface area contributed by atoms with Gasteiger partial charge in [0.25, 0.3) is 0 Å². The third kappa shape index (κ3) is 4.69. The summed E-state index contributed by atoms with van der Waals surface area (Å²) < 4.78 is 5.98. The van der Waals surface area contributed by atoms with Gasteiger partial charge in [0, 0.05) is 11.1 Å². The van der Waals surface area contributed by atoms with Gasteiger partial charge in [0.05, 0.1) is 0 Å². The summed E-state index contributed by atoms with van der Waals surface area (Å²) in [6, 6.07) is 8.37. The van der Waals surface area contributed by atoms with Crippen molar-refractivity contribution in [1.29, 1.82) is 0 Å². The van der Waals surface area contributed by atoms with Crippen molar-refractivity contribution in [3.8, 4) is 11.5 Å². The van der Waals surface area contributed by atoms with E-state index in [2.05, 4.69) is 95.2 Å². The molecule has 0 bridgehead atoms. The van der Waals surface area contributed by atoms with Gasteiger partial charge in [-0.1, -0.05) is 107 Å². The minimum absolute atomic E-state index is 0.0622. The normalized spacial score (nSPS) is 17.2. The summed E-state index contributed by atoms with van der Waals surface area (Å²) in [4.78, 5) is 13.4.